The number of allylic oxidation sites excluding steroid dienone is 1. The number of carbonyl (C=O) groups is 1. The lowest BCUT2D eigenvalue weighted by molar-refractivity contribution is -0.433. The molecule has 0 saturated carbocycles. The van der Waals surface area contributed by atoms with Gasteiger partial charge in [-0.25, -0.2) is 4.79 Å². The van der Waals surface area contributed by atoms with Crippen molar-refractivity contribution in [1.82, 2.24) is 10.2 Å². The Labute approximate surface area is 133 Å². The van der Waals surface area contributed by atoms with E-state index in [0.717, 1.165) is 0 Å². The molecule has 124 valence electrons. The zero-order valence-corrected chi connectivity index (χ0v) is 13.5. The van der Waals surface area contributed by atoms with Gasteiger partial charge in [-0.3, -0.25) is 15.0 Å². The molecule has 2 rings (SSSR count). The van der Waals surface area contributed by atoms with Gasteiger partial charge >= 0.3 is 6.03 Å². The second-order valence-corrected chi connectivity index (χ2v) is 5.01. The van der Waals surface area contributed by atoms with Gasteiger partial charge in [0.25, 0.3) is 5.70 Å². The second kappa shape index (κ2) is 6.55. The van der Waals surface area contributed by atoms with Crippen molar-refractivity contribution >= 4 is 6.03 Å². The largest absolute Gasteiger partial charge is 0.493 e. The van der Waals surface area contributed by atoms with Gasteiger partial charge in [-0.05, 0) is 31.5 Å². The average molecular weight is 321 g/mol. The maximum Gasteiger partial charge on any atom is 0.322 e. The Hall–Kier alpha value is -2.77. The van der Waals surface area contributed by atoms with E-state index in [1.54, 1.807) is 25.1 Å². The Morgan fingerprint density at radius 2 is 2.09 bits per heavy atom. The minimum atomic E-state index is -0.849. The summed E-state index contributed by atoms with van der Waals surface area (Å²) in [4.78, 5) is 24.2. The molecule has 1 aliphatic heterocycles. The van der Waals surface area contributed by atoms with Crippen LogP contribution in [0.15, 0.2) is 29.6 Å². The van der Waals surface area contributed by atoms with Crippen molar-refractivity contribution in [3.05, 3.63) is 45.3 Å². The molecule has 1 N–H and O–H groups in total. The average Bonchev–Trinajstić information content (AvgIpc) is 2.52. The molecule has 0 fully saturated rings. The normalized spacial score (nSPS) is 17.8. The SMILES string of the molecule is CCOc1ccc([C@@H]2NC(=O)N(C)C(C)=C2[N+](=O)[O-])cc1OC. The number of nitrogens with zero attached hydrogens (tertiary/aromatic N) is 2. The van der Waals surface area contributed by atoms with E-state index in [4.69, 9.17) is 9.47 Å². The summed E-state index contributed by atoms with van der Waals surface area (Å²) in [6.45, 7) is 3.87. The third kappa shape index (κ3) is 3.05. The van der Waals surface area contributed by atoms with Gasteiger partial charge in [0.1, 0.15) is 6.04 Å². The summed E-state index contributed by atoms with van der Waals surface area (Å²) >= 11 is 0. The Kier molecular flexibility index (Phi) is 4.73. The van der Waals surface area contributed by atoms with Crippen LogP contribution in [0.25, 0.3) is 0 Å². The predicted octanol–water partition coefficient (Wildman–Crippen LogP) is 2.30. The molecule has 1 aliphatic rings. The zero-order chi connectivity index (χ0) is 17.1. The molecule has 0 bridgehead atoms. The molecule has 0 unspecified atom stereocenters. The lowest BCUT2D eigenvalue weighted by Gasteiger charge is -2.29. The van der Waals surface area contributed by atoms with Gasteiger partial charge in [0.2, 0.25) is 0 Å². The quantitative estimate of drug-likeness (QED) is 0.663. The van der Waals surface area contributed by atoms with Crippen LogP contribution in [-0.4, -0.2) is 36.6 Å². The van der Waals surface area contributed by atoms with Gasteiger partial charge in [-0.1, -0.05) is 6.07 Å². The van der Waals surface area contributed by atoms with Crippen molar-refractivity contribution < 1.29 is 19.2 Å². The number of hydrogen-bond donors (Lipinski definition) is 1. The molecule has 23 heavy (non-hydrogen) atoms. The molecule has 0 spiro atoms. The number of ether oxygens (including phenoxy) is 2. The predicted molar refractivity (Wildman–Crippen MR) is 82.9 cm³/mol. The van der Waals surface area contributed by atoms with Crippen LogP contribution < -0.4 is 14.8 Å². The number of urea groups is 1. The van der Waals surface area contributed by atoms with Crippen molar-refractivity contribution in [2.24, 2.45) is 0 Å². The number of benzene rings is 1. The minimum Gasteiger partial charge on any atom is -0.493 e. The molecule has 8 nitrogen and oxygen atoms in total. The zero-order valence-electron chi connectivity index (χ0n) is 13.5. The van der Waals surface area contributed by atoms with E-state index in [-0.39, 0.29) is 5.70 Å². The van der Waals surface area contributed by atoms with Gasteiger partial charge in [0, 0.05) is 7.05 Å². The van der Waals surface area contributed by atoms with Gasteiger partial charge < -0.3 is 14.8 Å². The first-order chi connectivity index (χ1) is 10.9. The monoisotopic (exact) mass is 321 g/mol. The molecule has 1 aromatic carbocycles. The minimum absolute atomic E-state index is 0.0710. The Morgan fingerprint density at radius 1 is 1.39 bits per heavy atom. The van der Waals surface area contributed by atoms with Crippen molar-refractivity contribution in [3.63, 3.8) is 0 Å². The summed E-state index contributed by atoms with van der Waals surface area (Å²) in [6, 6.07) is 3.75. The summed E-state index contributed by atoms with van der Waals surface area (Å²) < 4.78 is 10.7. The number of nitro groups is 1. The third-order valence-electron chi connectivity index (χ3n) is 3.74. The van der Waals surface area contributed by atoms with Crippen LogP contribution in [0.2, 0.25) is 0 Å². The van der Waals surface area contributed by atoms with Crippen LogP contribution in [0.4, 0.5) is 4.79 Å². The fourth-order valence-corrected chi connectivity index (χ4v) is 2.44. The van der Waals surface area contributed by atoms with Crippen molar-refractivity contribution in [2.45, 2.75) is 19.9 Å². The standard InChI is InChI=1S/C15H19N3O5/c1-5-23-11-7-6-10(8-12(11)22-4)13-14(18(20)21)9(2)17(3)15(19)16-13/h6-8,13H,5H2,1-4H3,(H,16,19)/t13-/m0/s1. The topological polar surface area (TPSA) is 93.9 Å². The highest BCUT2D eigenvalue weighted by Gasteiger charge is 2.38. The molecular weight excluding hydrogens is 302 g/mol. The molecule has 0 aromatic heterocycles. The summed E-state index contributed by atoms with van der Waals surface area (Å²) in [7, 11) is 2.98. The maximum absolute atomic E-state index is 12.0. The molecule has 1 heterocycles. The first-order valence-corrected chi connectivity index (χ1v) is 7.10. The van der Waals surface area contributed by atoms with E-state index in [0.29, 0.717) is 29.4 Å². The number of hydrogen-bond acceptors (Lipinski definition) is 5. The van der Waals surface area contributed by atoms with Gasteiger partial charge in [-0.2, -0.15) is 0 Å². The highest BCUT2D eigenvalue weighted by atomic mass is 16.6. The van der Waals surface area contributed by atoms with Gasteiger partial charge in [0.05, 0.1) is 24.3 Å². The first-order valence-electron chi connectivity index (χ1n) is 7.10. The first kappa shape index (κ1) is 16.6. The summed E-state index contributed by atoms with van der Waals surface area (Å²) in [5.74, 6) is 0.999. The lowest BCUT2D eigenvalue weighted by Crippen LogP contribution is -2.45. The van der Waals surface area contributed by atoms with E-state index in [1.807, 2.05) is 6.92 Å². The van der Waals surface area contributed by atoms with Crippen LogP contribution in [0, 0.1) is 10.1 Å². The van der Waals surface area contributed by atoms with E-state index >= 15 is 0 Å². The van der Waals surface area contributed by atoms with Crippen molar-refractivity contribution in [1.29, 1.82) is 0 Å². The molecule has 0 saturated heterocycles. The van der Waals surface area contributed by atoms with Crippen molar-refractivity contribution in [3.8, 4) is 11.5 Å². The number of methoxy groups -OCH3 is 1. The molecule has 2 amide bonds. The van der Waals surface area contributed by atoms with E-state index in [9.17, 15) is 14.9 Å². The fourth-order valence-electron chi connectivity index (χ4n) is 2.44. The second-order valence-electron chi connectivity index (χ2n) is 5.01. The van der Waals surface area contributed by atoms with E-state index in [2.05, 4.69) is 5.32 Å². The lowest BCUT2D eigenvalue weighted by atomic mass is 10.00. The highest BCUT2D eigenvalue weighted by molar-refractivity contribution is 5.78. The molecule has 0 aliphatic carbocycles. The number of rotatable bonds is 5. The number of amides is 2. The fraction of sp³-hybridized carbons (Fsp3) is 0.400. The van der Waals surface area contributed by atoms with Crippen LogP contribution >= 0.6 is 0 Å². The Morgan fingerprint density at radius 3 is 2.65 bits per heavy atom. The van der Waals surface area contributed by atoms with Crippen LogP contribution in [-0.2, 0) is 0 Å². The Balaban J connectivity index is 2.51. The van der Waals surface area contributed by atoms with Crippen LogP contribution in [0.3, 0.4) is 0 Å². The van der Waals surface area contributed by atoms with E-state index in [1.165, 1.54) is 19.1 Å². The van der Waals surface area contributed by atoms with Gasteiger partial charge in [0.15, 0.2) is 11.5 Å². The number of nitrogens with one attached hydrogen (secondary N) is 1. The molecule has 0 radical (unpaired) electrons. The van der Waals surface area contributed by atoms with Crippen LogP contribution in [0.1, 0.15) is 25.5 Å². The molecule has 8 heteroatoms. The number of carbonyl (C=O) groups excluding carboxylic acids is 1. The Bertz CT molecular complexity index is 671. The van der Waals surface area contributed by atoms with Gasteiger partial charge in [-0.15, -0.1) is 0 Å². The molecule has 1 aromatic rings. The molecule has 1 atom stereocenters. The molecular formula is C15H19N3O5. The summed E-state index contributed by atoms with van der Waals surface area (Å²) in [6.07, 6.45) is 0. The van der Waals surface area contributed by atoms with Crippen LogP contribution in [0.5, 0.6) is 11.5 Å². The highest BCUT2D eigenvalue weighted by Crippen LogP contribution is 2.35. The maximum atomic E-state index is 12.0. The van der Waals surface area contributed by atoms with E-state index < -0.39 is 17.0 Å². The van der Waals surface area contributed by atoms with Crippen molar-refractivity contribution in [2.75, 3.05) is 20.8 Å². The third-order valence-corrected chi connectivity index (χ3v) is 3.74. The summed E-state index contributed by atoms with van der Waals surface area (Å²) in [5.41, 5.74) is 0.785. The summed E-state index contributed by atoms with van der Waals surface area (Å²) in [5, 5.41) is 14.1. The smallest absolute Gasteiger partial charge is 0.322 e.